The molecule has 0 aliphatic carbocycles. The maximum absolute atomic E-state index is 12.9. The molecule has 1 saturated heterocycles. The van der Waals surface area contributed by atoms with Gasteiger partial charge < -0.3 is 16.0 Å². The van der Waals surface area contributed by atoms with Crippen molar-refractivity contribution >= 4 is 23.6 Å². The summed E-state index contributed by atoms with van der Waals surface area (Å²) >= 11 is 1.53. The number of primary amides is 1. The number of nitrogens with zero attached hydrogens (tertiary/aromatic N) is 5. The molecule has 0 saturated carbocycles. The molecule has 178 valence electrons. The number of para-hydroxylation sites is 1. The molecule has 0 bridgehead atoms. The van der Waals surface area contributed by atoms with Crippen molar-refractivity contribution in [2.24, 2.45) is 11.7 Å². The van der Waals surface area contributed by atoms with E-state index in [4.69, 9.17) is 5.73 Å². The van der Waals surface area contributed by atoms with Gasteiger partial charge in [0.2, 0.25) is 5.91 Å². The first-order valence-electron chi connectivity index (χ1n) is 11.5. The monoisotopic (exact) mass is 479 g/mol. The Bertz CT molecular complexity index is 1110. The summed E-state index contributed by atoms with van der Waals surface area (Å²) < 4.78 is 1.71. The Kier molecular flexibility index (Phi) is 8.26. The number of nitrogens with two attached hydrogens (primary N) is 1. The third-order valence-corrected chi connectivity index (χ3v) is 6.94. The summed E-state index contributed by atoms with van der Waals surface area (Å²) in [6.07, 6.45) is 2.67. The first-order valence-corrected chi connectivity index (χ1v) is 12.4. The van der Waals surface area contributed by atoms with Crippen LogP contribution in [0, 0.1) is 5.92 Å². The van der Waals surface area contributed by atoms with Gasteiger partial charge >= 0.3 is 0 Å². The molecule has 2 heterocycles. The fourth-order valence-electron chi connectivity index (χ4n) is 4.08. The average Bonchev–Trinajstić information content (AvgIpc) is 3.35. The van der Waals surface area contributed by atoms with E-state index in [0.29, 0.717) is 30.2 Å². The van der Waals surface area contributed by atoms with E-state index in [-0.39, 0.29) is 17.7 Å². The van der Waals surface area contributed by atoms with Crippen LogP contribution in [0.5, 0.6) is 0 Å². The highest BCUT2D eigenvalue weighted by Gasteiger charge is 2.23. The van der Waals surface area contributed by atoms with Crippen molar-refractivity contribution in [1.29, 1.82) is 0 Å². The van der Waals surface area contributed by atoms with E-state index in [1.165, 1.54) is 11.8 Å². The van der Waals surface area contributed by atoms with Gasteiger partial charge in [-0.25, -0.2) is 0 Å². The molecule has 1 unspecified atom stereocenters. The van der Waals surface area contributed by atoms with Crippen LogP contribution < -0.4 is 11.1 Å². The zero-order valence-corrected chi connectivity index (χ0v) is 19.8. The Morgan fingerprint density at radius 1 is 1.12 bits per heavy atom. The van der Waals surface area contributed by atoms with E-state index in [2.05, 4.69) is 25.7 Å². The molecule has 2 aromatic carbocycles. The molecule has 3 aromatic rings. The van der Waals surface area contributed by atoms with Gasteiger partial charge in [0, 0.05) is 18.0 Å². The molecule has 0 radical (unpaired) electrons. The molecule has 9 nitrogen and oxygen atoms in total. The van der Waals surface area contributed by atoms with Crippen LogP contribution in [0.3, 0.4) is 0 Å². The molecular formula is C24H29N7O2S. The number of carbonyl (C=O) groups excluding carboxylic acids is 2. The van der Waals surface area contributed by atoms with Crippen LogP contribution in [0.4, 0.5) is 0 Å². The summed E-state index contributed by atoms with van der Waals surface area (Å²) in [7, 11) is 0. The second-order valence-corrected chi connectivity index (χ2v) is 9.30. The molecule has 1 aliphatic rings. The van der Waals surface area contributed by atoms with Crippen LogP contribution in [0.25, 0.3) is 5.69 Å². The number of aromatic nitrogens is 4. The Morgan fingerprint density at radius 3 is 2.74 bits per heavy atom. The lowest BCUT2D eigenvalue weighted by Crippen LogP contribution is -2.42. The second kappa shape index (κ2) is 11.8. The minimum absolute atomic E-state index is 0.0601. The predicted octanol–water partition coefficient (Wildman–Crippen LogP) is 2.27. The molecule has 4 rings (SSSR count). The number of piperidine rings is 1. The molecule has 3 N–H and O–H groups in total. The van der Waals surface area contributed by atoms with Crippen LogP contribution in [0.15, 0.2) is 59.5 Å². The molecule has 1 fully saturated rings. The lowest BCUT2D eigenvalue weighted by atomic mass is 9.97. The molecule has 2 amide bonds. The lowest BCUT2D eigenvalue weighted by molar-refractivity contribution is -0.123. The van der Waals surface area contributed by atoms with Crippen molar-refractivity contribution < 1.29 is 9.59 Å². The number of hydrogen-bond acceptors (Lipinski definition) is 7. The fraction of sp³-hybridized carbons (Fsp3) is 0.375. The number of rotatable bonds is 10. The molecular weight excluding hydrogens is 450 g/mol. The van der Waals surface area contributed by atoms with Crippen LogP contribution in [-0.4, -0.2) is 63.1 Å². The molecule has 0 spiro atoms. The van der Waals surface area contributed by atoms with Gasteiger partial charge in [0.25, 0.3) is 5.91 Å². The standard InChI is InChI=1S/C24H29N7O2S/c25-23(32)18-8-6-14-30(16-18)15-7-13-26-24(33)20-11-4-5-12-21(20)34-17-22-27-28-29-31(22)19-9-2-1-3-10-19/h1-5,9-12,18H,6-8,13-17H2,(H2,25,32)(H,26,33). The summed E-state index contributed by atoms with van der Waals surface area (Å²) in [5.41, 5.74) is 6.99. The van der Waals surface area contributed by atoms with Crippen molar-refractivity contribution in [2.75, 3.05) is 26.2 Å². The van der Waals surface area contributed by atoms with E-state index in [9.17, 15) is 9.59 Å². The number of benzene rings is 2. The Hall–Kier alpha value is -3.24. The SMILES string of the molecule is NC(=O)C1CCCN(CCCNC(=O)c2ccccc2SCc2nnnn2-c2ccccc2)C1. The number of hydrogen-bond donors (Lipinski definition) is 2. The van der Waals surface area contributed by atoms with E-state index in [1.54, 1.807) is 4.68 Å². The van der Waals surface area contributed by atoms with Gasteiger partial charge in [-0.3, -0.25) is 9.59 Å². The third-order valence-electron chi connectivity index (χ3n) is 5.87. The van der Waals surface area contributed by atoms with Crippen molar-refractivity contribution in [3.63, 3.8) is 0 Å². The highest BCUT2D eigenvalue weighted by atomic mass is 32.2. The summed E-state index contributed by atoms with van der Waals surface area (Å²) in [5.74, 6) is 0.865. The number of amides is 2. The van der Waals surface area contributed by atoms with Crippen LogP contribution >= 0.6 is 11.8 Å². The molecule has 10 heteroatoms. The van der Waals surface area contributed by atoms with Gasteiger partial charge in [0.15, 0.2) is 5.82 Å². The third kappa shape index (κ3) is 6.21. The topological polar surface area (TPSA) is 119 Å². The number of likely N-dealkylation sites (tertiary alicyclic amines) is 1. The Morgan fingerprint density at radius 2 is 1.91 bits per heavy atom. The van der Waals surface area contributed by atoms with E-state index < -0.39 is 0 Å². The maximum atomic E-state index is 12.9. The zero-order chi connectivity index (χ0) is 23.8. The van der Waals surface area contributed by atoms with Crippen LogP contribution in [0.1, 0.15) is 35.4 Å². The number of tetrazole rings is 1. The van der Waals surface area contributed by atoms with Gasteiger partial charge in [-0.1, -0.05) is 30.3 Å². The first-order chi connectivity index (χ1) is 16.6. The highest BCUT2D eigenvalue weighted by Crippen LogP contribution is 2.26. The minimum Gasteiger partial charge on any atom is -0.369 e. The summed E-state index contributed by atoms with van der Waals surface area (Å²) in [4.78, 5) is 27.4. The molecule has 1 aliphatic heterocycles. The summed E-state index contributed by atoms with van der Waals surface area (Å²) in [6.45, 7) is 3.09. The fourth-order valence-corrected chi connectivity index (χ4v) is 5.03. The van der Waals surface area contributed by atoms with Gasteiger partial charge in [0.05, 0.1) is 22.9 Å². The molecule has 1 atom stereocenters. The number of nitrogens with one attached hydrogen (secondary N) is 1. The van der Waals surface area contributed by atoms with Crippen molar-refractivity contribution in [2.45, 2.75) is 29.9 Å². The van der Waals surface area contributed by atoms with E-state index >= 15 is 0 Å². The minimum atomic E-state index is -0.218. The quantitative estimate of drug-likeness (QED) is 0.338. The van der Waals surface area contributed by atoms with Gasteiger partial charge in [-0.15, -0.1) is 16.9 Å². The number of thioether (sulfide) groups is 1. The van der Waals surface area contributed by atoms with E-state index in [1.807, 2.05) is 54.6 Å². The molecule has 1 aromatic heterocycles. The summed E-state index contributed by atoms with van der Waals surface area (Å²) in [6, 6.07) is 17.3. The van der Waals surface area contributed by atoms with Crippen molar-refractivity contribution in [3.05, 3.63) is 66.0 Å². The Labute approximate surface area is 203 Å². The van der Waals surface area contributed by atoms with Crippen LogP contribution in [-0.2, 0) is 10.5 Å². The smallest absolute Gasteiger partial charge is 0.252 e. The lowest BCUT2D eigenvalue weighted by Gasteiger charge is -2.31. The second-order valence-electron chi connectivity index (χ2n) is 8.28. The van der Waals surface area contributed by atoms with Crippen molar-refractivity contribution in [1.82, 2.24) is 30.4 Å². The van der Waals surface area contributed by atoms with Gasteiger partial charge in [-0.2, -0.15) is 4.68 Å². The largest absolute Gasteiger partial charge is 0.369 e. The first kappa shape index (κ1) is 23.9. The highest BCUT2D eigenvalue weighted by molar-refractivity contribution is 7.98. The van der Waals surface area contributed by atoms with Crippen LogP contribution in [0.2, 0.25) is 0 Å². The maximum Gasteiger partial charge on any atom is 0.252 e. The Balaban J connectivity index is 1.29. The molecule has 34 heavy (non-hydrogen) atoms. The van der Waals surface area contributed by atoms with Crippen molar-refractivity contribution in [3.8, 4) is 5.69 Å². The van der Waals surface area contributed by atoms with Gasteiger partial charge in [0.1, 0.15) is 0 Å². The average molecular weight is 480 g/mol. The van der Waals surface area contributed by atoms with Gasteiger partial charge in [-0.05, 0) is 67.0 Å². The predicted molar refractivity (Wildman–Crippen MR) is 130 cm³/mol. The normalized spacial score (nSPS) is 16.3. The van der Waals surface area contributed by atoms with E-state index in [0.717, 1.165) is 42.9 Å². The zero-order valence-electron chi connectivity index (χ0n) is 19.0. The number of carbonyl (C=O) groups is 2. The summed E-state index contributed by atoms with van der Waals surface area (Å²) in [5, 5.41) is 15.1.